The van der Waals surface area contributed by atoms with E-state index in [1.54, 1.807) is 0 Å². The highest BCUT2D eigenvalue weighted by Gasteiger charge is 1.91. The first-order chi connectivity index (χ1) is 9.81. The maximum absolute atomic E-state index is 4.56. The van der Waals surface area contributed by atoms with Gasteiger partial charge < -0.3 is 0 Å². The molecular formula is C18H13NS. The summed E-state index contributed by atoms with van der Waals surface area (Å²) in [6, 6.07) is 15.8. The van der Waals surface area contributed by atoms with Crippen LogP contribution in [0.5, 0.6) is 0 Å². The van der Waals surface area contributed by atoms with Gasteiger partial charge in [0.15, 0.2) is 0 Å². The molecular weight excluding hydrogens is 262 g/mol. The van der Waals surface area contributed by atoms with Crippen molar-refractivity contribution in [1.82, 2.24) is 0 Å². The quantitative estimate of drug-likeness (QED) is 0.346. The van der Waals surface area contributed by atoms with Crippen molar-refractivity contribution >= 4 is 23.1 Å². The predicted octanol–water partition coefficient (Wildman–Crippen LogP) is 4.55. The molecule has 0 aromatic heterocycles. The van der Waals surface area contributed by atoms with Crippen LogP contribution in [0.15, 0.2) is 66.2 Å². The third-order valence-electron chi connectivity index (χ3n) is 2.73. The summed E-state index contributed by atoms with van der Waals surface area (Å²) in [5.41, 5.74) is 3.98. The summed E-state index contributed by atoms with van der Waals surface area (Å²) >= 11 is 4.56. The summed E-state index contributed by atoms with van der Waals surface area (Å²) in [5, 5.41) is 2.34. The van der Waals surface area contributed by atoms with Crippen molar-refractivity contribution < 1.29 is 0 Å². The average molecular weight is 275 g/mol. The Bertz CT molecular complexity index is 694. The molecule has 0 spiro atoms. The van der Waals surface area contributed by atoms with Crippen LogP contribution in [-0.4, -0.2) is 5.16 Å². The van der Waals surface area contributed by atoms with Crippen LogP contribution in [0.4, 0.5) is 5.69 Å². The lowest BCUT2D eigenvalue weighted by atomic mass is 10.1. The number of hydrogen-bond acceptors (Lipinski definition) is 2. The second-order valence-electron chi connectivity index (χ2n) is 4.19. The van der Waals surface area contributed by atoms with Crippen molar-refractivity contribution in [3.63, 3.8) is 0 Å². The van der Waals surface area contributed by atoms with Gasteiger partial charge in [0.2, 0.25) is 0 Å². The molecule has 0 fully saturated rings. The second kappa shape index (κ2) is 7.21. The Labute approximate surface area is 124 Å². The Morgan fingerprint density at radius 1 is 0.950 bits per heavy atom. The molecule has 0 amide bonds. The van der Waals surface area contributed by atoms with Crippen molar-refractivity contribution in [3.05, 3.63) is 77.9 Å². The molecule has 0 heterocycles. The summed E-state index contributed by atoms with van der Waals surface area (Å²) in [4.78, 5) is 3.90. The molecule has 0 bridgehead atoms. The van der Waals surface area contributed by atoms with Crippen LogP contribution in [-0.2, 0) is 6.42 Å². The standard InChI is InChI=1S/C18H13NS/c1-2-3-15-4-6-16(7-5-15)8-9-17-10-12-18(13-11-17)19-14-20/h2,4-7,10-13H,1,3H2. The van der Waals surface area contributed by atoms with Crippen LogP contribution >= 0.6 is 12.2 Å². The Kier molecular flexibility index (Phi) is 5.03. The van der Waals surface area contributed by atoms with E-state index in [9.17, 15) is 0 Å². The van der Waals surface area contributed by atoms with E-state index in [2.05, 4.69) is 52.9 Å². The second-order valence-corrected chi connectivity index (χ2v) is 4.37. The summed E-state index contributed by atoms with van der Waals surface area (Å²) in [5.74, 6) is 6.26. The van der Waals surface area contributed by atoms with Gasteiger partial charge in [-0.2, -0.15) is 4.99 Å². The van der Waals surface area contributed by atoms with Gasteiger partial charge in [-0.15, -0.1) is 6.58 Å². The van der Waals surface area contributed by atoms with E-state index in [0.29, 0.717) is 0 Å². The number of hydrogen-bond donors (Lipinski definition) is 0. The van der Waals surface area contributed by atoms with Crippen molar-refractivity contribution in [2.45, 2.75) is 6.42 Å². The van der Waals surface area contributed by atoms with Crippen LogP contribution in [0.2, 0.25) is 0 Å². The van der Waals surface area contributed by atoms with Crippen LogP contribution in [0.25, 0.3) is 0 Å². The molecule has 0 aliphatic rings. The first-order valence-corrected chi connectivity index (χ1v) is 6.62. The molecule has 0 atom stereocenters. The fourth-order valence-corrected chi connectivity index (χ4v) is 1.81. The van der Waals surface area contributed by atoms with Crippen molar-refractivity contribution in [3.8, 4) is 11.8 Å². The van der Waals surface area contributed by atoms with Crippen LogP contribution in [0.1, 0.15) is 16.7 Å². The van der Waals surface area contributed by atoms with Gasteiger partial charge in [0.05, 0.1) is 10.8 Å². The number of isothiocyanates is 1. The highest BCUT2D eigenvalue weighted by molar-refractivity contribution is 7.78. The SMILES string of the molecule is C=CCc1ccc(C#Cc2ccc(N=C=S)cc2)cc1. The largest absolute Gasteiger partial charge is 0.195 e. The van der Waals surface area contributed by atoms with E-state index in [1.807, 2.05) is 42.5 Å². The van der Waals surface area contributed by atoms with Crippen molar-refractivity contribution in [2.24, 2.45) is 4.99 Å². The van der Waals surface area contributed by atoms with Gasteiger partial charge in [-0.1, -0.05) is 30.0 Å². The summed E-state index contributed by atoms with van der Waals surface area (Å²) in [6.07, 6.45) is 2.78. The lowest BCUT2D eigenvalue weighted by Gasteiger charge is -1.96. The fourth-order valence-electron chi connectivity index (χ4n) is 1.71. The zero-order chi connectivity index (χ0) is 14.2. The summed E-state index contributed by atoms with van der Waals surface area (Å²) < 4.78 is 0. The first kappa shape index (κ1) is 14.0. The summed E-state index contributed by atoms with van der Waals surface area (Å²) in [6.45, 7) is 3.73. The molecule has 1 nitrogen and oxygen atoms in total. The van der Waals surface area contributed by atoms with Gasteiger partial charge in [0.1, 0.15) is 0 Å². The van der Waals surface area contributed by atoms with E-state index in [1.165, 1.54) is 5.56 Å². The van der Waals surface area contributed by atoms with E-state index in [0.717, 1.165) is 23.2 Å². The van der Waals surface area contributed by atoms with E-state index in [-0.39, 0.29) is 0 Å². The molecule has 96 valence electrons. The van der Waals surface area contributed by atoms with Gasteiger partial charge in [-0.3, -0.25) is 0 Å². The third kappa shape index (κ3) is 4.03. The Morgan fingerprint density at radius 3 is 2.00 bits per heavy atom. The highest BCUT2D eigenvalue weighted by atomic mass is 32.1. The molecule has 0 saturated heterocycles. The van der Waals surface area contributed by atoms with Crippen LogP contribution < -0.4 is 0 Å². The van der Waals surface area contributed by atoms with Gasteiger partial charge in [0.25, 0.3) is 0 Å². The van der Waals surface area contributed by atoms with E-state index >= 15 is 0 Å². The minimum Gasteiger partial charge on any atom is -0.195 e. The fraction of sp³-hybridized carbons (Fsp3) is 0.0556. The minimum absolute atomic E-state index is 0.791. The summed E-state index contributed by atoms with van der Waals surface area (Å²) in [7, 11) is 0. The molecule has 0 aliphatic carbocycles. The monoisotopic (exact) mass is 275 g/mol. The van der Waals surface area contributed by atoms with Crippen LogP contribution in [0.3, 0.4) is 0 Å². The molecule has 2 heteroatoms. The normalized spacial score (nSPS) is 9.00. The number of nitrogens with zero attached hydrogens (tertiary/aromatic N) is 1. The third-order valence-corrected chi connectivity index (χ3v) is 2.82. The number of thiocarbonyl (C=S) groups is 1. The van der Waals surface area contributed by atoms with E-state index < -0.39 is 0 Å². The molecule has 0 aliphatic heterocycles. The predicted molar refractivity (Wildman–Crippen MR) is 87.5 cm³/mol. The first-order valence-electron chi connectivity index (χ1n) is 6.21. The maximum Gasteiger partial charge on any atom is 0.0740 e. The highest BCUT2D eigenvalue weighted by Crippen LogP contribution is 2.11. The zero-order valence-corrected chi connectivity index (χ0v) is 11.8. The number of benzene rings is 2. The van der Waals surface area contributed by atoms with Gasteiger partial charge >= 0.3 is 0 Å². The molecule has 0 unspecified atom stereocenters. The molecule has 2 aromatic carbocycles. The average Bonchev–Trinajstić information content (AvgIpc) is 2.49. The molecule has 0 radical (unpaired) electrons. The van der Waals surface area contributed by atoms with Gasteiger partial charge in [-0.05, 0) is 60.6 Å². The van der Waals surface area contributed by atoms with Crippen LogP contribution in [0, 0.1) is 11.8 Å². The lowest BCUT2D eigenvalue weighted by molar-refractivity contribution is 1.27. The number of aliphatic imine (C=N–C) groups is 1. The minimum atomic E-state index is 0.791. The maximum atomic E-state index is 4.56. The topological polar surface area (TPSA) is 12.4 Å². The lowest BCUT2D eigenvalue weighted by Crippen LogP contribution is -1.81. The van der Waals surface area contributed by atoms with Crippen molar-refractivity contribution in [2.75, 3.05) is 0 Å². The molecule has 2 rings (SSSR count). The molecule has 0 N–H and O–H groups in total. The molecule has 0 saturated carbocycles. The van der Waals surface area contributed by atoms with E-state index in [4.69, 9.17) is 0 Å². The smallest absolute Gasteiger partial charge is 0.0740 e. The van der Waals surface area contributed by atoms with Gasteiger partial charge in [0, 0.05) is 11.1 Å². The Morgan fingerprint density at radius 2 is 1.50 bits per heavy atom. The number of allylic oxidation sites excluding steroid dienone is 1. The van der Waals surface area contributed by atoms with Crippen molar-refractivity contribution in [1.29, 1.82) is 0 Å². The molecule has 20 heavy (non-hydrogen) atoms. The Balaban J connectivity index is 2.13. The Hall–Kier alpha value is -2.46. The number of rotatable bonds is 3. The van der Waals surface area contributed by atoms with Gasteiger partial charge in [-0.25, -0.2) is 0 Å². The zero-order valence-electron chi connectivity index (χ0n) is 11.0. The molecule has 2 aromatic rings.